The van der Waals surface area contributed by atoms with Gasteiger partial charge in [0, 0.05) is 20.8 Å². The first-order valence-electron chi connectivity index (χ1n) is 5.36. The van der Waals surface area contributed by atoms with Crippen LogP contribution in [0.25, 0.3) is 6.08 Å². The van der Waals surface area contributed by atoms with Gasteiger partial charge in [-0.15, -0.1) is 11.3 Å². The lowest BCUT2D eigenvalue weighted by Crippen LogP contribution is -1.94. The van der Waals surface area contributed by atoms with Gasteiger partial charge < -0.3 is 9.84 Å². The maximum Gasteiger partial charge on any atom is 0.328 e. The van der Waals surface area contributed by atoms with Gasteiger partial charge in [0.2, 0.25) is 0 Å². The molecule has 0 aliphatic heterocycles. The van der Waals surface area contributed by atoms with Crippen LogP contribution < -0.4 is 4.74 Å². The standard InChI is InChI=1S/C13H10BrNO3S/c14-9-5-12(19-8-9)7-18-11-3-1-10(15-6-11)2-4-13(16)17/h1-6,8H,7H2,(H,16,17). The molecule has 2 aromatic heterocycles. The summed E-state index contributed by atoms with van der Waals surface area (Å²) in [5.74, 6) is -0.345. The number of aromatic nitrogens is 1. The van der Waals surface area contributed by atoms with Crippen LogP contribution in [-0.4, -0.2) is 16.1 Å². The zero-order chi connectivity index (χ0) is 13.7. The molecule has 0 fully saturated rings. The summed E-state index contributed by atoms with van der Waals surface area (Å²) in [5.41, 5.74) is 0.577. The number of carboxylic acid groups (broad SMARTS) is 1. The Hall–Kier alpha value is -1.66. The second kappa shape index (κ2) is 6.49. The minimum atomic E-state index is -0.995. The van der Waals surface area contributed by atoms with Crippen LogP contribution in [0, 0.1) is 0 Å². The van der Waals surface area contributed by atoms with Crippen LogP contribution in [0.2, 0.25) is 0 Å². The number of hydrogen-bond acceptors (Lipinski definition) is 4. The van der Waals surface area contributed by atoms with Gasteiger partial charge in [-0.2, -0.15) is 0 Å². The number of halogens is 1. The summed E-state index contributed by atoms with van der Waals surface area (Å²) in [4.78, 5) is 15.6. The number of nitrogens with zero attached hydrogens (tertiary/aromatic N) is 1. The molecule has 2 heterocycles. The minimum absolute atomic E-state index is 0.488. The summed E-state index contributed by atoms with van der Waals surface area (Å²) in [5, 5.41) is 10.5. The van der Waals surface area contributed by atoms with Crippen molar-refractivity contribution in [2.45, 2.75) is 6.61 Å². The molecule has 2 aromatic rings. The number of thiophene rings is 1. The number of carbonyl (C=O) groups is 1. The molecule has 0 aliphatic carbocycles. The molecule has 1 N–H and O–H groups in total. The maximum absolute atomic E-state index is 10.4. The topological polar surface area (TPSA) is 59.4 Å². The van der Waals surface area contributed by atoms with Crippen molar-refractivity contribution in [2.24, 2.45) is 0 Å². The monoisotopic (exact) mass is 339 g/mol. The van der Waals surface area contributed by atoms with Crippen molar-refractivity contribution >= 4 is 39.3 Å². The van der Waals surface area contributed by atoms with Gasteiger partial charge in [0.1, 0.15) is 12.4 Å². The van der Waals surface area contributed by atoms with Gasteiger partial charge in [0.05, 0.1) is 11.9 Å². The number of ether oxygens (including phenoxy) is 1. The summed E-state index contributed by atoms with van der Waals surface area (Å²) < 4.78 is 6.62. The van der Waals surface area contributed by atoms with Crippen LogP contribution in [0.4, 0.5) is 0 Å². The molecule has 0 unspecified atom stereocenters. The van der Waals surface area contributed by atoms with Crippen molar-refractivity contribution < 1.29 is 14.6 Å². The molecular weight excluding hydrogens is 330 g/mol. The van der Waals surface area contributed by atoms with Crippen LogP contribution in [0.1, 0.15) is 10.6 Å². The number of aliphatic carboxylic acids is 1. The van der Waals surface area contributed by atoms with E-state index < -0.39 is 5.97 Å². The molecule has 0 aliphatic rings. The average molecular weight is 340 g/mol. The normalized spacial score (nSPS) is 10.8. The van der Waals surface area contributed by atoms with Crippen LogP contribution in [0.5, 0.6) is 5.75 Å². The SMILES string of the molecule is O=C(O)C=Cc1ccc(OCc2cc(Br)cs2)cn1. The summed E-state index contributed by atoms with van der Waals surface area (Å²) in [6.07, 6.45) is 4.05. The third-order valence-electron chi connectivity index (χ3n) is 2.16. The smallest absolute Gasteiger partial charge is 0.328 e. The van der Waals surface area contributed by atoms with Crippen molar-refractivity contribution in [1.29, 1.82) is 0 Å². The van der Waals surface area contributed by atoms with E-state index in [4.69, 9.17) is 9.84 Å². The zero-order valence-corrected chi connectivity index (χ0v) is 12.1. The lowest BCUT2D eigenvalue weighted by atomic mass is 10.3. The van der Waals surface area contributed by atoms with Gasteiger partial charge in [0.25, 0.3) is 0 Å². The molecule has 0 saturated heterocycles. The number of pyridine rings is 1. The Morgan fingerprint density at radius 2 is 2.37 bits per heavy atom. The van der Waals surface area contributed by atoms with Crippen molar-refractivity contribution in [1.82, 2.24) is 4.98 Å². The first-order valence-corrected chi connectivity index (χ1v) is 7.03. The van der Waals surface area contributed by atoms with E-state index in [2.05, 4.69) is 20.9 Å². The number of carboxylic acids is 1. The van der Waals surface area contributed by atoms with Gasteiger partial charge in [-0.3, -0.25) is 4.98 Å². The summed E-state index contributed by atoms with van der Waals surface area (Å²) in [6.45, 7) is 0.488. The Balaban J connectivity index is 1.93. The molecule has 2 rings (SSSR count). The summed E-state index contributed by atoms with van der Waals surface area (Å²) >= 11 is 5.00. The molecule has 0 amide bonds. The van der Waals surface area contributed by atoms with Crippen molar-refractivity contribution in [2.75, 3.05) is 0 Å². The Morgan fingerprint density at radius 3 is 2.95 bits per heavy atom. The Bertz CT molecular complexity index is 592. The van der Waals surface area contributed by atoms with E-state index in [0.29, 0.717) is 18.1 Å². The Kier molecular flexibility index (Phi) is 4.70. The predicted octanol–water partition coefficient (Wildman–Crippen LogP) is 3.58. The predicted molar refractivity (Wildman–Crippen MR) is 77.3 cm³/mol. The van der Waals surface area contributed by atoms with Crippen molar-refractivity contribution in [3.63, 3.8) is 0 Å². The number of hydrogen-bond donors (Lipinski definition) is 1. The van der Waals surface area contributed by atoms with E-state index in [9.17, 15) is 4.79 Å². The maximum atomic E-state index is 10.4. The number of rotatable bonds is 5. The van der Waals surface area contributed by atoms with Gasteiger partial charge in [-0.05, 0) is 40.2 Å². The fraction of sp³-hybridized carbons (Fsp3) is 0.0769. The molecule has 6 heteroatoms. The van der Waals surface area contributed by atoms with Crippen molar-refractivity contribution in [3.8, 4) is 5.75 Å². The highest BCUT2D eigenvalue weighted by Gasteiger charge is 2.00. The quantitative estimate of drug-likeness (QED) is 0.845. The lowest BCUT2D eigenvalue weighted by molar-refractivity contribution is -0.131. The lowest BCUT2D eigenvalue weighted by Gasteiger charge is -2.03. The van der Waals surface area contributed by atoms with E-state index in [-0.39, 0.29) is 0 Å². The average Bonchev–Trinajstić information content (AvgIpc) is 2.81. The van der Waals surface area contributed by atoms with E-state index in [0.717, 1.165) is 15.4 Å². The van der Waals surface area contributed by atoms with Crippen LogP contribution in [-0.2, 0) is 11.4 Å². The molecule has 0 bridgehead atoms. The second-order valence-corrected chi connectivity index (χ2v) is 5.52. The highest BCUT2D eigenvalue weighted by Crippen LogP contribution is 2.21. The highest BCUT2D eigenvalue weighted by molar-refractivity contribution is 9.10. The fourth-order valence-electron chi connectivity index (χ4n) is 1.32. The minimum Gasteiger partial charge on any atom is -0.486 e. The largest absolute Gasteiger partial charge is 0.486 e. The van der Waals surface area contributed by atoms with E-state index >= 15 is 0 Å². The van der Waals surface area contributed by atoms with Gasteiger partial charge in [0.15, 0.2) is 0 Å². The molecule has 98 valence electrons. The summed E-state index contributed by atoms with van der Waals surface area (Å²) in [6, 6.07) is 5.47. The van der Waals surface area contributed by atoms with Crippen LogP contribution in [0.15, 0.2) is 40.3 Å². The highest BCUT2D eigenvalue weighted by atomic mass is 79.9. The molecule has 0 saturated carbocycles. The molecule has 4 nitrogen and oxygen atoms in total. The molecule has 19 heavy (non-hydrogen) atoms. The van der Waals surface area contributed by atoms with Crippen LogP contribution >= 0.6 is 27.3 Å². The van der Waals surface area contributed by atoms with E-state index in [1.165, 1.54) is 6.08 Å². The second-order valence-electron chi connectivity index (χ2n) is 3.61. The van der Waals surface area contributed by atoms with Crippen LogP contribution in [0.3, 0.4) is 0 Å². The molecular formula is C13H10BrNO3S. The first kappa shape index (κ1) is 13.8. The first-order chi connectivity index (χ1) is 9.13. The zero-order valence-electron chi connectivity index (χ0n) is 9.75. The Labute approximate surface area is 122 Å². The third-order valence-corrected chi connectivity index (χ3v) is 3.83. The molecule has 0 atom stereocenters. The third kappa shape index (κ3) is 4.50. The molecule has 0 spiro atoms. The van der Waals surface area contributed by atoms with E-state index in [1.807, 2.05) is 11.4 Å². The van der Waals surface area contributed by atoms with Gasteiger partial charge in [-0.1, -0.05) is 0 Å². The van der Waals surface area contributed by atoms with Gasteiger partial charge in [-0.25, -0.2) is 4.79 Å². The molecule has 0 aromatic carbocycles. The Morgan fingerprint density at radius 1 is 1.53 bits per heavy atom. The summed E-state index contributed by atoms with van der Waals surface area (Å²) in [7, 11) is 0. The fourth-order valence-corrected chi connectivity index (χ4v) is 2.68. The van der Waals surface area contributed by atoms with E-state index in [1.54, 1.807) is 29.7 Å². The van der Waals surface area contributed by atoms with Crippen molar-refractivity contribution in [3.05, 3.63) is 50.9 Å². The molecule has 0 radical (unpaired) electrons. The van der Waals surface area contributed by atoms with Gasteiger partial charge >= 0.3 is 5.97 Å².